The van der Waals surface area contributed by atoms with Gasteiger partial charge >= 0.3 is 0 Å². The van der Waals surface area contributed by atoms with E-state index in [9.17, 15) is 34.5 Å². The number of amides is 4. The molecule has 4 amide bonds. The molecule has 12 rings (SSSR count). The number of rotatable bonds is 23. The monoisotopic (exact) mass is 1240 g/mol. The Kier molecular flexibility index (Phi) is 17.7. The standard InChI is InChI=1S/C67H62Cl2N8O12/c1-37-4-3-5-48-56(79)28-54-62(60(37)48)44(30-68)34-76(54)66(83)50-24-42-27-59(71-33-52(42)72-50)75-65(82)40-8-13-47(14-9-40)89-23-22-87-19-18-85-16-17-86-20-21-88-36-41-10-15-49-57(80)29-55-63(61(49)38(41)2)45(31-69)35-77(55)67(84)51-25-43-26-58(70-32-53(43)73-51)74-64(81)39-6-11-46(78)12-7-39/h3-15,24-29,32-33,44-45,72-73,78-80H,16-23,30-31,34-36H2,1-2H3,(H,70,74,81)(H,71,75,82)/t44-,45-/m1/s1. The molecule has 0 aliphatic carbocycles. The highest BCUT2D eigenvalue weighted by molar-refractivity contribution is 6.20. The molecule has 4 aromatic heterocycles. The van der Waals surface area contributed by atoms with Gasteiger partial charge in [-0.25, -0.2) is 9.97 Å². The Hall–Kier alpha value is -9.28. The highest BCUT2D eigenvalue weighted by Gasteiger charge is 2.38. The number of nitrogens with zero attached hydrogens (tertiary/aromatic N) is 4. The molecule has 456 valence electrons. The van der Waals surface area contributed by atoms with E-state index in [0.29, 0.717) is 150 Å². The number of halogens is 2. The lowest BCUT2D eigenvalue weighted by Gasteiger charge is -2.19. The van der Waals surface area contributed by atoms with Crippen LogP contribution >= 0.6 is 23.2 Å². The van der Waals surface area contributed by atoms with E-state index in [1.807, 2.05) is 44.2 Å². The first-order valence-electron chi connectivity index (χ1n) is 29.0. The van der Waals surface area contributed by atoms with Crippen molar-refractivity contribution in [1.29, 1.82) is 0 Å². The number of alkyl halides is 2. The maximum absolute atomic E-state index is 14.2. The number of carbonyl (C=O) groups excluding carboxylic acids is 4. The number of aryl methyl sites for hydroxylation is 2. The molecule has 2 aliphatic heterocycles. The summed E-state index contributed by atoms with van der Waals surface area (Å²) in [5, 5.41) is 41.9. The summed E-state index contributed by atoms with van der Waals surface area (Å²) in [5.74, 6) is 0.223. The van der Waals surface area contributed by atoms with E-state index >= 15 is 0 Å². The number of H-pyrrole nitrogens is 2. The molecule has 0 unspecified atom stereocenters. The largest absolute Gasteiger partial charge is 0.508 e. The number of phenols is 3. The molecule has 2 atom stereocenters. The SMILES string of the molecule is Cc1cccc2c(O)cc3c(c12)[C@H](CCl)CN3C(=O)c1cc2cc(NC(=O)c3ccc(OCCOCCOCCOCCOCc4ccc5c(O)cc6c(c5c4C)[C@H](CCl)CN6C(=O)c4cc5cc(NC(=O)c6ccc(O)cc6)ncc5[nH]4)cc3)ncc2[nH]1. The lowest BCUT2D eigenvalue weighted by atomic mass is 9.90. The van der Waals surface area contributed by atoms with Crippen molar-refractivity contribution in [2.45, 2.75) is 32.3 Å². The van der Waals surface area contributed by atoms with E-state index in [2.05, 4.69) is 30.6 Å². The highest BCUT2D eigenvalue weighted by Crippen LogP contribution is 2.49. The summed E-state index contributed by atoms with van der Waals surface area (Å²) in [6.07, 6.45) is 3.11. The van der Waals surface area contributed by atoms with E-state index in [1.54, 1.807) is 82.9 Å². The zero-order valence-electron chi connectivity index (χ0n) is 48.5. The zero-order chi connectivity index (χ0) is 61.9. The van der Waals surface area contributed by atoms with Gasteiger partial charge in [0.15, 0.2) is 0 Å². The topological polar surface area (TPSA) is 263 Å². The highest BCUT2D eigenvalue weighted by atomic mass is 35.5. The van der Waals surface area contributed by atoms with Gasteiger partial charge < -0.3 is 69.4 Å². The minimum absolute atomic E-state index is 0.0368. The zero-order valence-corrected chi connectivity index (χ0v) is 50.0. The molecule has 20 nitrogen and oxygen atoms in total. The number of carbonyl (C=O) groups is 4. The van der Waals surface area contributed by atoms with Gasteiger partial charge in [0.1, 0.15) is 52.6 Å². The van der Waals surface area contributed by atoms with Crippen molar-refractivity contribution in [3.63, 3.8) is 0 Å². The second-order valence-corrected chi connectivity index (χ2v) is 22.5. The molecular weight excluding hydrogens is 1180 g/mol. The molecule has 7 N–H and O–H groups in total. The van der Waals surface area contributed by atoms with Gasteiger partial charge in [0, 0.05) is 81.5 Å². The van der Waals surface area contributed by atoms with Crippen LogP contribution in [0.2, 0.25) is 0 Å². The van der Waals surface area contributed by atoms with Crippen molar-refractivity contribution in [3.05, 3.63) is 178 Å². The fourth-order valence-corrected chi connectivity index (χ4v) is 12.2. The number of hydrogen-bond acceptors (Lipinski definition) is 14. The molecule has 0 spiro atoms. The molecule has 0 saturated heterocycles. The Labute approximate surface area is 520 Å². The van der Waals surface area contributed by atoms with Crippen LogP contribution in [0.1, 0.15) is 81.3 Å². The van der Waals surface area contributed by atoms with Gasteiger partial charge in [0.2, 0.25) is 0 Å². The summed E-state index contributed by atoms with van der Waals surface area (Å²) in [5.41, 5.74) is 8.45. The van der Waals surface area contributed by atoms with E-state index in [1.165, 1.54) is 24.3 Å². The molecule has 22 heteroatoms. The number of aromatic amines is 2. The number of phenolic OH excluding ortho intramolecular Hbond substituents is 3. The van der Waals surface area contributed by atoms with Crippen molar-refractivity contribution >= 4 is 113 Å². The number of nitrogens with one attached hydrogen (secondary N) is 4. The molecule has 0 radical (unpaired) electrons. The second-order valence-electron chi connectivity index (χ2n) is 21.9. The maximum atomic E-state index is 14.2. The predicted octanol–water partition coefficient (Wildman–Crippen LogP) is 11.6. The Bertz CT molecular complexity index is 4350. The third-order valence-electron chi connectivity index (χ3n) is 16.2. The van der Waals surface area contributed by atoms with Gasteiger partial charge in [0.25, 0.3) is 23.6 Å². The third kappa shape index (κ3) is 12.5. The first kappa shape index (κ1) is 60.0. The number of aromatic nitrogens is 4. The lowest BCUT2D eigenvalue weighted by molar-refractivity contribution is -0.00662. The minimum Gasteiger partial charge on any atom is -0.508 e. The van der Waals surface area contributed by atoms with Gasteiger partial charge in [-0.1, -0.05) is 30.3 Å². The van der Waals surface area contributed by atoms with Crippen LogP contribution in [0.15, 0.2) is 128 Å². The van der Waals surface area contributed by atoms with Crippen LogP contribution in [-0.4, -0.2) is 137 Å². The van der Waals surface area contributed by atoms with Crippen LogP contribution in [0.25, 0.3) is 43.4 Å². The van der Waals surface area contributed by atoms with Crippen LogP contribution in [0.5, 0.6) is 23.0 Å². The van der Waals surface area contributed by atoms with Crippen LogP contribution < -0.4 is 25.2 Å². The van der Waals surface area contributed by atoms with E-state index in [0.717, 1.165) is 44.0 Å². The van der Waals surface area contributed by atoms with E-state index in [-0.39, 0.29) is 59.3 Å². The molecule has 6 heterocycles. The number of hydrogen-bond donors (Lipinski definition) is 7. The van der Waals surface area contributed by atoms with Crippen molar-refractivity contribution < 1.29 is 58.2 Å². The number of anilines is 4. The summed E-state index contributed by atoms with van der Waals surface area (Å²) in [6, 6.07) is 32.2. The number of aromatic hydroxyl groups is 3. The number of benzene rings is 6. The number of ether oxygens (including phenoxy) is 5. The smallest absolute Gasteiger partial charge is 0.274 e. The summed E-state index contributed by atoms with van der Waals surface area (Å²) in [6.45, 7) is 7.69. The summed E-state index contributed by atoms with van der Waals surface area (Å²) in [7, 11) is 0. The fourth-order valence-electron chi connectivity index (χ4n) is 11.7. The maximum Gasteiger partial charge on any atom is 0.274 e. The molecule has 6 aromatic carbocycles. The molecule has 0 saturated carbocycles. The molecule has 0 fully saturated rings. The first-order chi connectivity index (χ1) is 43.2. The lowest BCUT2D eigenvalue weighted by Crippen LogP contribution is -2.30. The molecular formula is C67H62Cl2N8O12. The van der Waals surface area contributed by atoms with Crippen LogP contribution in [-0.2, 0) is 25.6 Å². The third-order valence-corrected chi connectivity index (χ3v) is 16.9. The average Bonchev–Trinajstić information content (AvgIpc) is 1.74. The quantitative estimate of drug-likeness (QED) is 0.0232. The van der Waals surface area contributed by atoms with E-state index in [4.69, 9.17) is 46.9 Å². The van der Waals surface area contributed by atoms with Crippen LogP contribution in [0, 0.1) is 13.8 Å². The van der Waals surface area contributed by atoms with Gasteiger partial charge in [-0.05, 0) is 125 Å². The number of fused-ring (bicyclic) bond motifs is 8. The average molecular weight is 1240 g/mol. The Balaban J connectivity index is 0.544. The first-order valence-corrected chi connectivity index (χ1v) is 30.0. The van der Waals surface area contributed by atoms with E-state index < -0.39 is 5.91 Å². The minimum atomic E-state index is -0.401. The summed E-state index contributed by atoms with van der Waals surface area (Å²) < 4.78 is 28.9. The second kappa shape index (κ2) is 26.2. The van der Waals surface area contributed by atoms with Crippen molar-refractivity contribution in [2.75, 3.05) is 98.1 Å². The molecule has 0 bridgehead atoms. The van der Waals surface area contributed by atoms with Gasteiger partial charge in [-0.2, -0.15) is 0 Å². The Morgan fingerprint density at radius 2 is 1.06 bits per heavy atom. The van der Waals surface area contributed by atoms with Crippen molar-refractivity contribution in [3.8, 4) is 23.0 Å². The molecule has 89 heavy (non-hydrogen) atoms. The van der Waals surface area contributed by atoms with Crippen LogP contribution in [0.3, 0.4) is 0 Å². The number of pyridine rings is 2. The molecule has 10 aromatic rings. The van der Waals surface area contributed by atoms with Gasteiger partial charge in [-0.3, -0.25) is 19.2 Å². The Morgan fingerprint density at radius 3 is 1.58 bits per heavy atom. The summed E-state index contributed by atoms with van der Waals surface area (Å²) >= 11 is 13.1. The van der Waals surface area contributed by atoms with Crippen molar-refractivity contribution in [2.24, 2.45) is 0 Å². The van der Waals surface area contributed by atoms with Crippen LogP contribution in [0.4, 0.5) is 23.0 Å². The Morgan fingerprint density at radius 1 is 0.573 bits per heavy atom. The fraction of sp³-hybridized carbons (Fsp3) is 0.254. The normalized spacial score (nSPS) is 14.5. The van der Waals surface area contributed by atoms with Gasteiger partial charge in [0.05, 0.1) is 87.7 Å². The van der Waals surface area contributed by atoms with Gasteiger partial charge in [-0.15, -0.1) is 23.2 Å². The van der Waals surface area contributed by atoms with Crippen molar-refractivity contribution in [1.82, 2.24) is 19.9 Å². The molecule has 2 aliphatic rings. The summed E-state index contributed by atoms with van der Waals surface area (Å²) in [4.78, 5) is 72.7. The predicted molar refractivity (Wildman–Crippen MR) is 341 cm³/mol.